The average molecular weight is 407 g/mol. The van der Waals surface area contributed by atoms with Gasteiger partial charge in [-0.25, -0.2) is 4.79 Å². The summed E-state index contributed by atoms with van der Waals surface area (Å²) in [6, 6.07) is 5.24. The lowest BCUT2D eigenvalue weighted by Crippen LogP contribution is -2.56. The number of benzene rings is 1. The minimum atomic E-state index is -1.52. The van der Waals surface area contributed by atoms with Gasteiger partial charge in [-0.2, -0.15) is 0 Å². The first-order valence-electron chi connectivity index (χ1n) is 8.79. The van der Waals surface area contributed by atoms with Crippen molar-refractivity contribution in [2.45, 2.75) is 37.9 Å². The van der Waals surface area contributed by atoms with Crippen molar-refractivity contribution in [3.8, 4) is 0 Å². The first kappa shape index (κ1) is 23.6. The Morgan fingerprint density at radius 3 is 2.10 bits per heavy atom. The molecule has 0 bridgehead atoms. The van der Waals surface area contributed by atoms with Crippen LogP contribution in [0.5, 0.6) is 0 Å². The molecular formula is C18H25N5O6. The Kier molecular flexibility index (Phi) is 9.26. The van der Waals surface area contributed by atoms with Crippen LogP contribution in [0.2, 0.25) is 0 Å². The summed E-state index contributed by atoms with van der Waals surface area (Å²) in [7, 11) is 0. The number of carboxylic acid groups (broad SMARTS) is 1. The molecule has 0 saturated heterocycles. The van der Waals surface area contributed by atoms with Crippen molar-refractivity contribution in [3.05, 3.63) is 35.9 Å². The summed E-state index contributed by atoms with van der Waals surface area (Å²) in [6.07, 6.45) is -0.433. The lowest BCUT2D eigenvalue weighted by molar-refractivity contribution is -0.143. The second-order valence-corrected chi connectivity index (χ2v) is 6.31. The number of aliphatic carboxylic acids is 1. The molecule has 0 aromatic heterocycles. The molecule has 0 aliphatic heterocycles. The van der Waals surface area contributed by atoms with Crippen LogP contribution in [0, 0.1) is 0 Å². The molecule has 0 saturated carbocycles. The number of rotatable bonds is 11. The van der Waals surface area contributed by atoms with E-state index in [2.05, 4.69) is 16.0 Å². The third kappa shape index (κ3) is 8.39. The van der Waals surface area contributed by atoms with Gasteiger partial charge in [0.25, 0.3) is 0 Å². The number of hydrogen-bond donors (Lipinski definition) is 6. The lowest BCUT2D eigenvalue weighted by Gasteiger charge is -2.22. The molecular weight excluding hydrogens is 382 g/mol. The highest BCUT2D eigenvalue weighted by Crippen LogP contribution is 2.04. The van der Waals surface area contributed by atoms with Gasteiger partial charge in [-0.3, -0.25) is 19.2 Å². The summed E-state index contributed by atoms with van der Waals surface area (Å²) in [4.78, 5) is 58.5. The Morgan fingerprint density at radius 2 is 1.59 bits per heavy atom. The average Bonchev–Trinajstić information content (AvgIpc) is 2.66. The van der Waals surface area contributed by atoms with Gasteiger partial charge in [0, 0.05) is 6.42 Å². The SMILES string of the molecule is CC(NC(=O)C(Cc1ccccc1)NC(=O)CN)C(=O)NC(CC(N)=O)C(=O)O. The zero-order valence-electron chi connectivity index (χ0n) is 15.9. The van der Waals surface area contributed by atoms with Gasteiger partial charge in [0.2, 0.25) is 23.6 Å². The number of hydrogen-bond acceptors (Lipinski definition) is 6. The van der Waals surface area contributed by atoms with Crippen LogP contribution in [0.1, 0.15) is 18.9 Å². The van der Waals surface area contributed by atoms with Crippen LogP contribution in [-0.4, -0.2) is 59.4 Å². The molecule has 4 amide bonds. The fourth-order valence-corrected chi connectivity index (χ4v) is 2.39. The van der Waals surface area contributed by atoms with Crippen LogP contribution < -0.4 is 27.4 Å². The van der Waals surface area contributed by atoms with E-state index >= 15 is 0 Å². The van der Waals surface area contributed by atoms with E-state index in [4.69, 9.17) is 16.6 Å². The Hall–Kier alpha value is -3.47. The molecule has 0 radical (unpaired) electrons. The third-order valence-electron chi connectivity index (χ3n) is 3.89. The molecule has 0 aliphatic carbocycles. The number of nitrogens with one attached hydrogen (secondary N) is 3. The highest BCUT2D eigenvalue weighted by Gasteiger charge is 2.28. The molecule has 1 aromatic rings. The molecule has 11 heteroatoms. The van der Waals surface area contributed by atoms with Crippen LogP contribution in [-0.2, 0) is 30.4 Å². The summed E-state index contributed by atoms with van der Waals surface area (Å²) in [5.74, 6) is -4.36. The normalized spacial score (nSPS) is 13.4. The molecule has 0 aliphatic rings. The first-order chi connectivity index (χ1) is 13.6. The maximum atomic E-state index is 12.6. The molecule has 3 unspecified atom stereocenters. The first-order valence-corrected chi connectivity index (χ1v) is 8.79. The summed E-state index contributed by atoms with van der Waals surface area (Å²) < 4.78 is 0. The quantitative estimate of drug-likeness (QED) is 0.236. The predicted octanol–water partition coefficient (Wildman–Crippen LogP) is -2.38. The van der Waals surface area contributed by atoms with Gasteiger partial charge in [0.15, 0.2) is 0 Å². The fraction of sp³-hybridized carbons (Fsp3) is 0.389. The Labute approximate surface area is 167 Å². The number of primary amides is 1. The van der Waals surface area contributed by atoms with Gasteiger partial charge in [0.1, 0.15) is 18.1 Å². The van der Waals surface area contributed by atoms with E-state index in [0.717, 1.165) is 5.56 Å². The zero-order chi connectivity index (χ0) is 22.0. The number of carboxylic acids is 1. The van der Waals surface area contributed by atoms with Gasteiger partial charge in [0.05, 0.1) is 13.0 Å². The number of carbonyl (C=O) groups is 5. The zero-order valence-corrected chi connectivity index (χ0v) is 15.9. The van der Waals surface area contributed by atoms with Crippen molar-refractivity contribution in [2.75, 3.05) is 6.54 Å². The highest BCUT2D eigenvalue weighted by atomic mass is 16.4. The fourth-order valence-electron chi connectivity index (χ4n) is 2.39. The second-order valence-electron chi connectivity index (χ2n) is 6.31. The van der Waals surface area contributed by atoms with Gasteiger partial charge >= 0.3 is 5.97 Å². The molecule has 1 rings (SSSR count). The van der Waals surface area contributed by atoms with Gasteiger partial charge < -0.3 is 32.5 Å². The van der Waals surface area contributed by atoms with Crippen molar-refractivity contribution < 1.29 is 29.1 Å². The summed E-state index contributed by atoms with van der Waals surface area (Å²) >= 11 is 0. The van der Waals surface area contributed by atoms with Crippen molar-refractivity contribution in [1.82, 2.24) is 16.0 Å². The lowest BCUT2D eigenvalue weighted by atomic mass is 10.0. The maximum absolute atomic E-state index is 12.6. The van der Waals surface area contributed by atoms with E-state index in [1.807, 2.05) is 0 Å². The standard InChI is InChI=1S/C18H25N5O6/c1-10(16(26)23-13(18(28)29)8-14(20)24)21-17(27)12(22-15(25)9-19)7-11-5-3-2-4-6-11/h2-6,10,12-13H,7-9,19H2,1H3,(H2,20,24)(H,21,27)(H,22,25)(H,23,26)(H,28,29). The minimum Gasteiger partial charge on any atom is -0.480 e. The number of nitrogens with two attached hydrogens (primary N) is 2. The molecule has 0 spiro atoms. The van der Waals surface area contributed by atoms with Crippen molar-refractivity contribution in [3.63, 3.8) is 0 Å². The Balaban J connectivity index is 2.80. The smallest absolute Gasteiger partial charge is 0.326 e. The van der Waals surface area contributed by atoms with E-state index in [0.29, 0.717) is 0 Å². The molecule has 29 heavy (non-hydrogen) atoms. The molecule has 11 nitrogen and oxygen atoms in total. The monoisotopic (exact) mass is 407 g/mol. The topological polar surface area (TPSA) is 194 Å². The molecule has 1 aromatic carbocycles. The highest BCUT2D eigenvalue weighted by molar-refractivity contribution is 5.94. The molecule has 8 N–H and O–H groups in total. The van der Waals surface area contributed by atoms with Crippen molar-refractivity contribution >= 4 is 29.6 Å². The number of amides is 4. The van der Waals surface area contributed by atoms with E-state index in [1.54, 1.807) is 30.3 Å². The molecule has 3 atom stereocenters. The molecule has 0 heterocycles. The van der Waals surface area contributed by atoms with Crippen LogP contribution in [0.3, 0.4) is 0 Å². The Bertz CT molecular complexity index is 754. The summed E-state index contributed by atoms with van der Waals surface area (Å²) in [6.45, 7) is 1.02. The molecule has 0 fully saturated rings. The third-order valence-corrected chi connectivity index (χ3v) is 3.89. The minimum absolute atomic E-state index is 0.159. The number of carbonyl (C=O) groups excluding carboxylic acids is 4. The second kappa shape index (κ2) is 11.4. The van der Waals surface area contributed by atoms with Crippen LogP contribution in [0.15, 0.2) is 30.3 Å². The van der Waals surface area contributed by atoms with Gasteiger partial charge in [-0.15, -0.1) is 0 Å². The van der Waals surface area contributed by atoms with Crippen LogP contribution in [0.4, 0.5) is 0 Å². The van der Waals surface area contributed by atoms with Crippen LogP contribution >= 0.6 is 0 Å². The van der Waals surface area contributed by atoms with Crippen molar-refractivity contribution in [1.29, 1.82) is 0 Å². The van der Waals surface area contributed by atoms with Crippen LogP contribution in [0.25, 0.3) is 0 Å². The van der Waals surface area contributed by atoms with E-state index in [1.165, 1.54) is 6.92 Å². The van der Waals surface area contributed by atoms with E-state index in [9.17, 15) is 24.0 Å². The Morgan fingerprint density at radius 1 is 0.966 bits per heavy atom. The summed E-state index contributed by atoms with van der Waals surface area (Å²) in [5.41, 5.74) is 11.0. The largest absolute Gasteiger partial charge is 0.480 e. The van der Waals surface area contributed by atoms with E-state index in [-0.39, 0.29) is 13.0 Å². The maximum Gasteiger partial charge on any atom is 0.326 e. The predicted molar refractivity (Wildman–Crippen MR) is 102 cm³/mol. The van der Waals surface area contributed by atoms with Gasteiger partial charge in [-0.05, 0) is 12.5 Å². The van der Waals surface area contributed by atoms with Gasteiger partial charge in [-0.1, -0.05) is 30.3 Å². The van der Waals surface area contributed by atoms with E-state index < -0.39 is 54.1 Å². The molecule has 158 valence electrons. The van der Waals surface area contributed by atoms with Crippen molar-refractivity contribution in [2.24, 2.45) is 11.5 Å². The summed E-state index contributed by atoms with van der Waals surface area (Å²) in [5, 5.41) is 16.1.